The number of nitrogens with zero attached hydrogens (tertiary/aromatic N) is 1. The molecule has 35 heavy (non-hydrogen) atoms. The fourth-order valence-corrected chi connectivity index (χ4v) is 5.09. The monoisotopic (exact) mass is 496 g/mol. The number of carbonyl (C=O) groups excluding carboxylic acids is 1. The highest BCUT2D eigenvalue weighted by atomic mass is 32.2. The molecule has 184 valence electrons. The van der Waals surface area contributed by atoms with E-state index in [2.05, 4.69) is 5.32 Å². The lowest BCUT2D eigenvalue weighted by molar-refractivity contribution is -0.120. The second-order valence-electron chi connectivity index (χ2n) is 8.03. The van der Waals surface area contributed by atoms with E-state index in [1.54, 1.807) is 42.5 Å². The first kappa shape index (κ1) is 24.4. The van der Waals surface area contributed by atoms with Gasteiger partial charge in [-0.25, -0.2) is 8.42 Å². The first-order chi connectivity index (χ1) is 16.9. The maximum atomic E-state index is 13.6. The van der Waals surface area contributed by atoms with Crippen LogP contribution in [0.15, 0.2) is 77.7 Å². The van der Waals surface area contributed by atoms with Crippen LogP contribution in [0, 0.1) is 6.92 Å². The lowest BCUT2D eigenvalue weighted by Gasteiger charge is -2.28. The first-order valence-corrected chi connectivity index (χ1v) is 12.8. The highest BCUT2D eigenvalue weighted by Crippen LogP contribution is 2.33. The molecule has 1 aliphatic heterocycles. The highest BCUT2D eigenvalue weighted by molar-refractivity contribution is 7.92. The Labute approximate surface area is 205 Å². The predicted molar refractivity (Wildman–Crippen MR) is 133 cm³/mol. The second-order valence-corrected chi connectivity index (χ2v) is 9.89. The summed E-state index contributed by atoms with van der Waals surface area (Å²) in [7, 11) is -4.05. The van der Waals surface area contributed by atoms with Crippen LogP contribution in [0.5, 0.6) is 17.2 Å². The number of amides is 1. The first-order valence-electron chi connectivity index (χ1n) is 11.3. The summed E-state index contributed by atoms with van der Waals surface area (Å²) in [5.41, 5.74) is 1.22. The van der Waals surface area contributed by atoms with E-state index in [-0.39, 0.29) is 23.7 Å². The van der Waals surface area contributed by atoms with E-state index in [1.807, 2.05) is 32.0 Å². The van der Waals surface area contributed by atoms with E-state index in [9.17, 15) is 13.2 Å². The van der Waals surface area contributed by atoms with E-state index in [0.717, 1.165) is 9.87 Å². The van der Waals surface area contributed by atoms with Crippen molar-refractivity contribution in [1.82, 2.24) is 5.32 Å². The summed E-state index contributed by atoms with van der Waals surface area (Å²) < 4.78 is 45.6. The van der Waals surface area contributed by atoms with Gasteiger partial charge >= 0.3 is 0 Å². The topological polar surface area (TPSA) is 94.2 Å². The van der Waals surface area contributed by atoms with Crippen LogP contribution in [0.3, 0.4) is 0 Å². The fraction of sp³-hybridized carbons (Fsp3) is 0.269. The van der Waals surface area contributed by atoms with Gasteiger partial charge in [-0.3, -0.25) is 9.10 Å². The maximum absolute atomic E-state index is 13.6. The third-order valence-electron chi connectivity index (χ3n) is 5.42. The Kier molecular flexibility index (Phi) is 7.45. The number of sulfonamides is 1. The van der Waals surface area contributed by atoms with Gasteiger partial charge in [0.1, 0.15) is 25.0 Å². The number of carbonyl (C=O) groups is 1. The van der Waals surface area contributed by atoms with E-state index in [0.29, 0.717) is 23.9 Å². The second kappa shape index (κ2) is 10.7. The average Bonchev–Trinajstić information content (AvgIpc) is 2.87. The van der Waals surface area contributed by atoms with Crippen LogP contribution in [0.1, 0.15) is 12.5 Å². The van der Waals surface area contributed by atoms with Crippen molar-refractivity contribution in [2.45, 2.75) is 24.8 Å². The molecular weight excluding hydrogens is 468 g/mol. The molecule has 0 aliphatic carbocycles. The van der Waals surface area contributed by atoms with Crippen LogP contribution >= 0.6 is 0 Å². The van der Waals surface area contributed by atoms with Crippen molar-refractivity contribution in [3.8, 4) is 17.2 Å². The van der Waals surface area contributed by atoms with Gasteiger partial charge in [-0.05, 0) is 50.2 Å². The number of ether oxygens (including phenoxy) is 3. The van der Waals surface area contributed by atoms with E-state index < -0.39 is 28.6 Å². The molecule has 1 amide bonds. The molecule has 0 bridgehead atoms. The third kappa shape index (κ3) is 5.68. The molecule has 0 fully saturated rings. The number of aryl methyl sites for hydroxylation is 1. The Balaban J connectivity index is 1.54. The molecule has 1 atom stereocenters. The highest BCUT2D eigenvalue weighted by Gasteiger charge is 2.30. The minimum Gasteiger partial charge on any atom is -0.492 e. The van der Waals surface area contributed by atoms with Crippen LogP contribution in [0.25, 0.3) is 0 Å². The summed E-state index contributed by atoms with van der Waals surface area (Å²) in [6, 6.07) is 20.6. The van der Waals surface area contributed by atoms with Crippen LogP contribution < -0.4 is 23.8 Å². The van der Waals surface area contributed by atoms with Crippen LogP contribution in [-0.2, 0) is 14.8 Å². The number of rotatable bonds is 9. The van der Waals surface area contributed by atoms with Crippen molar-refractivity contribution in [2.24, 2.45) is 0 Å². The molecule has 0 saturated heterocycles. The number of fused-ring (bicyclic) bond motifs is 1. The number of hydrogen-bond acceptors (Lipinski definition) is 6. The minimum atomic E-state index is -4.05. The normalized spacial score (nSPS) is 14.7. The molecule has 3 aromatic carbocycles. The Bertz CT molecular complexity index is 1280. The van der Waals surface area contributed by atoms with Crippen LogP contribution in [-0.4, -0.2) is 46.7 Å². The maximum Gasteiger partial charge on any atom is 0.264 e. The molecular formula is C26H28N2O6S. The summed E-state index contributed by atoms with van der Waals surface area (Å²) >= 11 is 0. The molecule has 1 aliphatic rings. The van der Waals surface area contributed by atoms with Crippen molar-refractivity contribution in [3.05, 3.63) is 78.4 Å². The van der Waals surface area contributed by atoms with Crippen molar-refractivity contribution < 1.29 is 27.4 Å². The van der Waals surface area contributed by atoms with E-state index in [1.165, 1.54) is 12.1 Å². The molecule has 0 aromatic heterocycles. The molecule has 1 heterocycles. The fourth-order valence-electron chi connectivity index (χ4n) is 3.66. The van der Waals surface area contributed by atoms with Gasteiger partial charge in [0.25, 0.3) is 10.0 Å². The number of anilines is 1. The Hall–Kier alpha value is -3.72. The van der Waals surface area contributed by atoms with Gasteiger partial charge in [0.15, 0.2) is 11.5 Å². The van der Waals surface area contributed by atoms with E-state index in [4.69, 9.17) is 14.2 Å². The Morgan fingerprint density at radius 2 is 1.71 bits per heavy atom. The van der Waals surface area contributed by atoms with Crippen molar-refractivity contribution >= 4 is 21.6 Å². The Morgan fingerprint density at radius 1 is 1.03 bits per heavy atom. The molecule has 8 nitrogen and oxygen atoms in total. The van der Waals surface area contributed by atoms with Crippen LogP contribution in [0.4, 0.5) is 5.69 Å². The summed E-state index contributed by atoms with van der Waals surface area (Å²) in [4.78, 5) is 13.0. The van der Waals surface area contributed by atoms with Crippen LogP contribution in [0.2, 0.25) is 0 Å². The third-order valence-corrected chi connectivity index (χ3v) is 7.20. The Morgan fingerprint density at radius 3 is 2.46 bits per heavy atom. The molecule has 0 saturated carbocycles. The standard InChI is InChI=1S/C26H28N2O6S/c1-3-32-23-9-5-4-8-22(23)28(35(30,31)21-14-12-19(2)13-15-21)17-26(29)27-16-20-18-33-24-10-6-7-11-25(24)34-20/h4-15,20H,3,16-18H2,1-2H3,(H,27,29)/t20-/m0/s1. The summed E-state index contributed by atoms with van der Waals surface area (Å²) in [5.74, 6) is 1.15. The smallest absolute Gasteiger partial charge is 0.264 e. The zero-order chi connectivity index (χ0) is 24.8. The van der Waals surface area contributed by atoms with Crippen molar-refractivity contribution in [2.75, 3.05) is 30.6 Å². The largest absolute Gasteiger partial charge is 0.492 e. The van der Waals surface area contributed by atoms with Gasteiger partial charge in [-0.2, -0.15) is 0 Å². The van der Waals surface area contributed by atoms with Crippen molar-refractivity contribution in [3.63, 3.8) is 0 Å². The zero-order valence-corrected chi connectivity index (χ0v) is 20.5. The lowest BCUT2D eigenvalue weighted by Crippen LogP contribution is -2.45. The zero-order valence-electron chi connectivity index (χ0n) is 19.6. The van der Waals surface area contributed by atoms with E-state index >= 15 is 0 Å². The number of nitrogens with one attached hydrogen (secondary N) is 1. The number of benzene rings is 3. The molecule has 1 N–H and O–H groups in total. The van der Waals surface area contributed by atoms with Gasteiger partial charge in [-0.1, -0.05) is 42.0 Å². The predicted octanol–water partition coefficient (Wildman–Crippen LogP) is 3.55. The molecule has 0 unspecified atom stereocenters. The van der Waals surface area contributed by atoms with Gasteiger partial charge in [0.05, 0.1) is 23.7 Å². The van der Waals surface area contributed by atoms with Gasteiger partial charge in [-0.15, -0.1) is 0 Å². The molecule has 4 rings (SSSR count). The van der Waals surface area contributed by atoms with Gasteiger partial charge in [0.2, 0.25) is 5.91 Å². The lowest BCUT2D eigenvalue weighted by atomic mass is 10.2. The molecule has 0 spiro atoms. The van der Waals surface area contributed by atoms with Crippen molar-refractivity contribution in [1.29, 1.82) is 0 Å². The van der Waals surface area contributed by atoms with Gasteiger partial charge in [0, 0.05) is 0 Å². The van der Waals surface area contributed by atoms with Gasteiger partial charge < -0.3 is 19.5 Å². The number of hydrogen-bond donors (Lipinski definition) is 1. The quantitative estimate of drug-likeness (QED) is 0.487. The minimum absolute atomic E-state index is 0.0859. The number of para-hydroxylation sites is 4. The summed E-state index contributed by atoms with van der Waals surface area (Å²) in [6.45, 7) is 4.05. The summed E-state index contributed by atoms with van der Waals surface area (Å²) in [5, 5.41) is 2.78. The molecule has 0 radical (unpaired) electrons. The SMILES string of the molecule is CCOc1ccccc1N(CC(=O)NC[C@H]1COc2ccccc2O1)S(=O)(=O)c1ccc(C)cc1. The molecule has 9 heteroatoms. The summed E-state index contributed by atoms with van der Waals surface area (Å²) in [6.07, 6.45) is -0.397. The average molecular weight is 497 g/mol. The molecule has 3 aromatic rings.